The summed E-state index contributed by atoms with van der Waals surface area (Å²) in [7, 11) is 1.80. The highest BCUT2D eigenvalue weighted by atomic mass is 32.2. The van der Waals surface area contributed by atoms with E-state index in [9.17, 15) is 14.9 Å². The second kappa shape index (κ2) is 7.51. The molecule has 0 saturated carbocycles. The molecule has 0 unspecified atom stereocenters. The van der Waals surface area contributed by atoms with Crippen molar-refractivity contribution in [3.8, 4) is 0 Å². The molecule has 0 bridgehead atoms. The third kappa shape index (κ3) is 4.17. The number of carbonyl (C=O) groups excluding carboxylic acids is 1. The zero-order chi connectivity index (χ0) is 18.0. The molecule has 6 nitrogen and oxygen atoms in total. The molecule has 130 valence electrons. The number of carbonyl (C=O) groups is 1. The fourth-order valence-corrected chi connectivity index (χ4v) is 5.17. The first-order valence-corrected chi connectivity index (χ1v) is 10.1. The summed E-state index contributed by atoms with van der Waals surface area (Å²) in [5.41, 5.74) is 1.97. The van der Waals surface area contributed by atoms with E-state index in [1.54, 1.807) is 29.4 Å². The Morgan fingerprint density at radius 3 is 2.88 bits per heavy atom. The number of hydrogen-bond acceptors (Lipinski definition) is 7. The van der Waals surface area contributed by atoms with Gasteiger partial charge in [0.15, 0.2) is 4.34 Å². The van der Waals surface area contributed by atoms with Crippen molar-refractivity contribution in [2.75, 3.05) is 12.8 Å². The summed E-state index contributed by atoms with van der Waals surface area (Å²) in [6.45, 7) is 2.65. The minimum Gasteiger partial charge on any atom is -0.340 e. The van der Waals surface area contributed by atoms with Crippen LogP contribution < -0.4 is 0 Å². The predicted molar refractivity (Wildman–Crippen MR) is 103 cm³/mol. The van der Waals surface area contributed by atoms with Gasteiger partial charge < -0.3 is 4.90 Å². The molecule has 1 aromatic carbocycles. The summed E-state index contributed by atoms with van der Waals surface area (Å²) < 4.78 is 1.50. The van der Waals surface area contributed by atoms with Gasteiger partial charge in [-0.05, 0) is 30.0 Å². The maximum Gasteiger partial charge on any atom is 0.270 e. The lowest BCUT2D eigenvalue weighted by Gasteiger charge is -2.16. The number of thiazole rings is 1. The Kier molecular flexibility index (Phi) is 5.36. The normalized spacial score (nSPS) is 11.0. The molecular weight excluding hydrogens is 378 g/mol. The minimum atomic E-state index is -0.420. The lowest BCUT2D eigenvalue weighted by Crippen LogP contribution is -2.27. The number of rotatable bonds is 6. The number of benzene rings is 1. The Labute approximate surface area is 156 Å². The molecule has 2 aromatic heterocycles. The number of fused-ring (bicyclic) bond motifs is 1. The zero-order valence-corrected chi connectivity index (χ0v) is 16.0. The van der Waals surface area contributed by atoms with Crippen molar-refractivity contribution < 1.29 is 9.72 Å². The molecular formula is C16H15N3O3S3. The smallest absolute Gasteiger partial charge is 0.270 e. The van der Waals surface area contributed by atoms with Crippen molar-refractivity contribution in [3.63, 3.8) is 0 Å². The van der Waals surface area contributed by atoms with E-state index in [0.717, 1.165) is 9.04 Å². The second-order valence-electron chi connectivity index (χ2n) is 5.45. The summed E-state index contributed by atoms with van der Waals surface area (Å²) in [6, 6.07) is 6.65. The Hall–Kier alpha value is -1.97. The number of thioether (sulfide) groups is 1. The molecule has 0 N–H and O–H groups in total. The van der Waals surface area contributed by atoms with Crippen LogP contribution in [0, 0.1) is 17.0 Å². The lowest BCUT2D eigenvalue weighted by molar-refractivity contribution is -0.384. The van der Waals surface area contributed by atoms with Crippen LogP contribution in [-0.4, -0.2) is 33.5 Å². The fourth-order valence-electron chi connectivity index (χ4n) is 2.17. The molecule has 0 aliphatic heterocycles. The maximum absolute atomic E-state index is 12.3. The van der Waals surface area contributed by atoms with Crippen LogP contribution in [0.5, 0.6) is 0 Å². The number of aromatic nitrogens is 1. The molecule has 25 heavy (non-hydrogen) atoms. The van der Waals surface area contributed by atoms with Crippen LogP contribution in [0.1, 0.15) is 10.4 Å². The molecule has 0 fully saturated rings. The van der Waals surface area contributed by atoms with Crippen molar-refractivity contribution in [2.24, 2.45) is 0 Å². The molecule has 0 aliphatic rings. The van der Waals surface area contributed by atoms with Gasteiger partial charge in [-0.3, -0.25) is 14.9 Å². The van der Waals surface area contributed by atoms with Gasteiger partial charge in [-0.1, -0.05) is 11.8 Å². The highest BCUT2D eigenvalue weighted by molar-refractivity contribution is 8.01. The molecule has 0 aliphatic carbocycles. The molecule has 9 heteroatoms. The summed E-state index contributed by atoms with van der Waals surface area (Å²) in [5.74, 6) is 0.325. The minimum absolute atomic E-state index is 0.0306. The van der Waals surface area contributed by atoms with E-state index in [2.05, 4.69) is 4.98 Å². The van der Waals surface area contributed by atoms with Crippen LogP contribution in [0.2, 0.25) is 0 Å². The molecule has 3 rings (SSSR count). The van der Waals surface area contributed by atoms with Gasteiger partial charge in [-0.2, -0.15) is 0 Å². The zero-order valence-electron chi connectivity index (χ0n) is 13.6. The summed E-state index contributed by atoms with van der Waals surface area (Å²) in [4.78, 5) is 30.0. The predicted octanol–water partition coefficient (Wildman–Crippen LogP) is 4.33. The molecule has 0 spiro atoms. The Balaban J connectivity index is 1.62. The molecule has 2 heterocycles. The Morgan fingerprint density at radius 1 is 1.40 bits per heavy atom. The highest BCUT2D eigenvalue weighted by Gasteiger charge is 2.15. The Bertz CT molecular complexity index is 935. The van der Waals surface area contributed by atoms with Crippen molar-refractivity contribution in [1.82, 2.24) is 9.88 Å². The van der Waals surface area contributed by atoms with E-state index in [1.165, 1.54) is 45.7 Å². The van der Waals surface area contributed by atoms with E-state index in [-0.39, 0.29) is 11.6 Å². The van der Waals surface area contributed by atoms with Gasteiger partial charge >= 0.3 is 0 Å². The first kappa shape index (κ1) is 17.8. The summed E-state index contributed by atoms with van der Waals surface area (Å²) >= 11 is 4.38. The number of nitro groups is 1. The first-order valence-electron chi connectivity index (χ1n) is 7.39. The third-order valence-electron chi connectivity index (χ3n) is 3.66. The third-order valence-corrected chi connectivity index (χ3v) is 6.81. The van der Waals surface area contributed by atoms with Crippen molar-refractivity contribution in [3.05, 3.63) is 50.2 Å². The number of nitrogens with zero attached hydrogens (tertiary/aromatic N) is 3. The highest BCUT2D eigenvalue weighted by Crippen LogP contribution is 2.32. The average molecular weight is 394 g/mol. The molecule has 1 amide bonds. The van der Waals surface area contributed by atoms with Gasteiger partial charge in [0.25, 0.3) is 5.69 Å². The SMILES string of the molecule is Cc1ccsc1CN(C)C(=O)CSc1nc2ccc([N+](=O)[O-])cc2s1. The van der Waals surface area contributed by atoms with Gasteiger partial charge in [-0.25, -0.2) is 4.98 Å². The number of non-ortho nitro benzene ring substituents is 1. The lowest BCUT2D eigenvalue weighted by atomic mass is 10.3. The van der Waals surface area contributed by atoms with E-state index in [4.69, 9.17) is 0 Å². The summed E-state index contributed by atoms with van der Waals surface area (Å²) in [6.07, 6.45) is 0. The monoisotopic (exact) mass is 393 g/mol. The average Bonchev–Trinajstić information content (AvgIpc) is 3.17. The van der Waals surface area contributed by atoms with Crippen LogP contribution in [0.3, 0.4) is 0 Å². The van der Waals surface area contributed by atoms with Crippen LogP contribution in [0.4, 0.5) is 5.69 Å². The maximum atomic E-state index is 12.3. The molecule has 0 radical (unpaired) electrons. The molecule has 0 atom stereocenters. The van der Waals surface area contributed by atoms with Gasteiger partial charge in [-0.15, -0.1) is 22.7 Å². The first-order chi connectivity index (χ1) is 11.9. The topological polar surface area (TPSA) is 76.3 Å². The molecule has 3 aromatic rings. The number of thiophene rings is 1. The van der Waals surface area contributed by atoms with Crippen LogP contribution in [0.15, 0.2) is 34.0 Å². The fraction of sp³-hybridized carbons (Fsp3) is 0.250. The van der Waals surface area contributed by atoms with Crippen molar-refractivity contribution in [2.45, 2.75) is 17.8 Å². The van der Waals surface area contributed by atoms with E-state index < -0.39 is 4.92 Å². The van der Waals surface area contributed by atoms with Crippen molar-refractivity contribution in [1.29, 1.82) is 0 Å². The Morgan fingerprint density at radius 2 is 2.20 bits per heavy atom. The molecule has 0 saturated heterocycles. The largest absolute Gasteiger partial charge is 0.340 e. The van der Waals surface area contributed by atoms with Crippen molar-refractivity contribution >= 4 is 56.2 Å². The number of nitro benzene ring substituents is 1. The van der Waals surface area contributed by atoms with Crippen LogP contribution in [0.25, 0.3) is 10.2 Å². The van der Waals surface area contributed by atoms with Gasteiger partial charge in [0.05, 0.1) is 27.4 Å². The number of hydrogen-bond donors (Lipinski definition) is 0. The number of amides is 1. The van der Waals surface area contributed by atoms with Crippen LogP contribution in [-0.2, 0) is 11.3 Å². The summed E-state index contributed by atoms with van der Waals surface area (Å²) in [5, 5.41) is 12.9. The van der Waals surface area contributed by atoms with Crippen LogP contribution >= 0.6 is 34.4 Å². The standard InChI is InChI=1S/C16H15N3O3S3/c1-10-5-6-23-14(10)8-18(2)15(20)9-24-16-17-12-4-3-11(19(21)22)7-13(12)25-16/h3-7H,8-9H2,1-2H3. The van der Waals surface area contributed by atoms with E-state index in [1.807, 2.05) is 18.4 Å². The van der Waals surface area contributed by atoms with E-state index >= 15 is 0 Å². The second-order valence-corrected chi connectivity index (χ2v) is 8.71. The number of aryl methyl sites for hydroxylation is 1. The van der Waals surface area contributed by atoms with Gasteiger partial charge in [0.2, 0.25) is 5.91 Å². The van der Waals surface area contributed by atoms with E-state index in [0.29, 0.717) is 17.8 Å². The van der Waals surface area contributed by atoms with Gasteiger partial charge in [0, 0.05) is 24.1 Å². The van der Waals surface area contributed by atoms with Gasteiger partial charge in [0.1, 0.15) is 0 Å². The quantitative estimate of drug-likeness (QED) is 0.354.